The van der Waals surface area contributed by atoms with Crippen molar-refractivity contribution >= 4 is 32.7 Å². The summed E-state index contributed by atoms with van der Waals surface area (Å²) in [7, 11) is -3.57. The predicted molar refractivity (Wildman–Crippen MR) is 152 cm³/mol. The summed E-state index contributed by atoms with van der Waals surface area (Å²) in [5.41, 5.74) is 1.23. The third-order valence-corrected chi connectivity index (χ3v) is 7.95. The van der Waals surface area contributed by atoms with Crippen LogP contribution in [0.4, 0.5) is 0 Å². The molecule has 3 N–H and O–H groups in total. The number of piperidine rings is 1. The van der Waals surface area contributed by atoms with Crippen molar-refractivity contribution in [3.05, 3.63) is 78.6 Å². The SMILES string of the molecule is Cc1ccc(OCCCCN2CCC(NS(=O)(=O)c3cccc4cnccc34)CC2)cc1.O=C(O)/C=C/C(=O)O. The smallest absolute Gasteiger partial charge is 0.328 e. The highest BCUT2D eigenvalue weighted by molar-refractivity contribution is 7.89. The average Bonchev–Trinajstić information content (AvgIpc) is 2.93. The van der Waals surface area contributed by atoms with Gasteiger partial charge in [-0.2, -0.15) is 0 Å². The monoisotopic (exact) mass is 569 g/mol. The van der Waals surface area contributed by atoms with Crippen molar-refractivity contribution in [1.82, 2.24) is 14.6 Å². The molecule has 2 aromatic carbocycles. The van der Waals surface area contributed by atoms with Crippen LogP contribution in [0.3, 0.4) is 0 Å². The maximum absolute atomic E-state index is 13.0. The van der Waals surface area contributed by atoms with Gasteiger partial charge in [0.15, 0.2) is 0 Å². The van der Waals surface area contributed by atoms with Crippen molar-refractivity contribution in [2.75, 3.05) is 26.2 Å². The second-order valence-corrected chi connectivity index (χ2v) is 11.2. The van der Waals surface area contributed by atoms with E-state index in [1.54, 1.807) is 30.6 Å². The minimum Gasteiger partial charge on any atom is -0.494 e. The molecule has 1 aromatic heterocycles. The fourth-order valence-corrected chi connectivity index (χ4v) is 5.82. The number of benzene rings is 2. The average molecular weight is 570 g/mol. The number of likely N-dealkylation sites (tertiary alicyclic amines) is 1. The van der Waals surface area contributed by atoms with E-state index in [9.17, 15) is 18.0 Å². The highest BCUT2D eigenvalue weighted by Crippen LogP contribution is 2.23. The van der Waals surface area contributed by atoms with Crippen molar-refractivity contribution in [2.24, 2.45) is 0 Å². The Hall–Kier alpha value is -3.80. The van der Waals surface area contributed by atoms with Gasteiger partial charge in [0.2, 0.25) is 10.0 Å². The maximum Gasteiger partial charge on any atom is 0.328 e. The van der Waals surface area contributed by atoms with Gasteiger partial charge < -0.3 is 19.8 Å². The topological polar surface area (TPSA) is 146 Å². The number of carboxylic acid groups (broad SMARTS) is 2. The van der Waals surface area contributed by atoms with Crippen LogP contribution in [0.15, 0.2) is 78.0 Å². The second kappa shape index (κ2) is 15.1. The number of nitrogens with one attached hydrogen (secondary N) is 1. The van der Waals surface area contributed by atoms with Crippen molar-refractivity contribution < 1.29 is 33.0 Å². The van der Waals surface area contributed by atoms with Crippen molar-refractivity contribution in [3.8, 4) is 5.75 Å². The molecular formula is C29H35N3O7S. The van der Waals surface area contributed by atoms with E-state index >= 15 is 0 Å². The molecule has 4 rings (SSSR count). The molecule has 0 spiro atoms. The van der Waals surface area contributed by atoms with Crippen LogP contribution in [0.25, 0.3) is 10.8 Å². The molecule has 3 aromatic rings. The quantitative estimate of drug-likeness (QED) is 0.231. The molecule has 11 heteroatoms. The molecule has 0 amide bonds. The van der Waals surface area contributed by atoms with Gasteiger partial charge in [0.25, 0.3) is 0 Å². The molecule has 0 radical (unpaired) electrons. The molecule has 0 bridgehead atoms. The number of unbranched alkanes of at least 4 members (excludes halogenated alkanes) is 1. The number of nitrogens with zero attached hydrogens (tertiary/aromatic N) is 2. The van der Waals surface area contributed by atoms with Crippen molar-refractivity contribution in [1.29, 1.82) is 0 Å². The summed E-state index contributed by atoms with van der Waals surface area (Å²) >= 11 is 0. The third kappa shape index (κ3) is 10.1. The van der Waals surface area contributed by atoms with Crippen LogP contribution >= 0.6 is 0 Å². The first-order chi connectivity index (χ1) is 19.1. The number of sulfonamides is 1. The zero-order valence-electron chi connectivity index (χ0n) is 22.4. The number of carboxylic acids is 2. The Kier molecular flexibility index (Phi) is 11.6. The Morgan fingerprint density at radius 1 is 1.02 bits per heavy atom. The first-order valence-electron chi connectivity index (χ1n) is 13.0. The van der Waals surface area contributed by atoms with Crippen LogP contribution in [0, 0.1) is 6.92 Å². The van der Waals surface area contributed by atoms with Gasteiger partial charge in [-0.15, -0.1) is 0 Å². The molecule has 0 unspecified atom stereocenters. The number of aliphatic carboxylic acids is 2. The third-order valence-electron chi connectivity index (χ3n) is 6.37. The van der Waals surface area contributed by atoms with Crippen LogP contribution in [0.1, 0.15) is 31.2 Å². The molecule has 2 heterocycles. The standard InChI is InChI=1S/C25H31N3O3S.C4H4O4/c1-20-7-9-23(10-8-20)31-18-3-2-15-28-16-12-22(13-17-28)27-32(29,30)25-6-4-5-21-19-26-14-11-24(21)25;5-3(6)1-2-4(7)8/h4-11,14,19,22,27H,2-3,12-13,15-18H2,1H3;1-2H,(H,5,6)(H,7,8)/b;2-1+. The van der Waals surface area contributed by atoms with E-state index in [0.29, 0.717) is 22.4 Å². The van der Waals surface area contributed by atoms with Gasteiger partial charge in [0.05, 0.1) is 11.5 Å². The Morgan fingerprint density at radius 3 is 2.35 bits per heavy atom. The van der Waals surface area contributed by atoms with Gasteiger partial charge in [0.1, 0.15) is 5.75 Å². The Bertz CT molecular complexity index is 1380. The van der Waals surface area contributed by atoms with E-state index < -0.39 is 22.0 Å². The van der Waals surface area contributed by atoms with Crippen LogP contribution in [0.2, 0.25) is 0 Å². The van der Waals surface area contributed by atoms with Crippen LogP contribution < -0.4 is 9.46 Å². The number of fused-ring (bicyclic) bond motifs is 1. The molecule has 1 aliphatic heterocycles. The number of pyridine rings is 1. The summed E-state index contributed by atoms with van der Waals surface area (Å²) in [4.78, 5) is 25.9. The lowest BCUT2D eigenvalue weighted by Gasteiger charge is -2.32. The highest BCUT2D eigenvalue weighted by atomic mass is 32.2. The van der Waals surface area contributed by atoms with E-state index in [1.165, 1.54) is 5.56 Å². The Balaban J connectivity index is 0.000000482. The number of ether oxygens (including phenoxy) is 1. The van der Waals surface area contributed by atoms with E-state index in [0.717, 1.165) is 63.1 Å². The first-order valence-corrected chi connectivity index (χ1v) is 14.5. The Morgan fingerprint density at radius 2 is 1.70 bits per heavy atom. The van der Waals surface area contributed by atoms with Crippen LogP contribution in [-0.2, 0) is 19.6 Å². The number of hydrogen-bond donors (Lipinski definition) is 3. The number of hydrogen-bond acceptors (Lipinski definition) is 7. The number of carbonyl (C=O) groups is 2. The zero-order chi connectivity index (χ0) is 29.0. The Labute approximate surface area is 234 Å². The van der Waals surface area contributed by atoms with Gasteiger partial charge in [-0.3, -0.25) is 4.98 Å². The summed E-state index contributed by atoms with van der Waals surface area (Å²) < 4.78 is 34.8. The van der Waals surface area contributed by atoms with E-state index in [-0.39, 0.29) is 6.04 Å². The summed E-state index contributed by atoms with van der Waals surface area (Å²) in [6, 6.07) is 15.2. The number of aryl methyl sites for hydroxylation is 1. The van der Waals surface area contributed by atoms with Crippen LogP contribution in [0.5, 0.6) is 5.75 Å². The molecule has 0 atom stereocenters. The summed E-state index contributed by atoms with van der Waals surface area (Å²) in [5.74, 6) is -1.59. The summed E-state index contributed by atoms with van der Waals surface area (Å²) in [5, 5.41) is 17.2. The van der Waals surface area contributed by atoms with E-state index in [2.05, 4.69) is 33.7 Å². The van der Waals surface area contributed by atoms with Crippen LogP contribution in [-0.4, -0.2) is 72.7 Å². The van der Waals surface area contributed by atoms with Gasteiger partial charge in [-0.1, -0.05) is 29.8 Å². The normalized spacial score (nSPS) is 14.5. The largest absolute Gasteiger partial charge is 0.494 e. The van der Waals surface area contributed by atoms with Gasteiger partial charge in [0, 0.05) is 41.4 Å². The molecule has 10 nitrogen and oxygen atoms in total. The van der Waals surface area contributed by atoms with Crippen molar-refractivity contribution in [3.63, 3.8) is 0 Å². The lowest BCUT2D eigenvalue weighted by Crippen LogP contribution is -2.44. The molecule has 0 aliphatic carbocycles. The van der Waals surface area contributed by atoms with Gasteiger partial charge >= 0.3 is 11.9 Å². The molecular weight excluding hydrogens is 534 g/mol. The lowest BCUT2D eigenvalue weighted by molar-refractivity contribution is -0.134. The summed E-state index contributed by atoms with van der Waals surface area (Å²) in [6.45, 7) is 5.63. The fraction of sp³-hybridized carbons (Fsp3) is 0.345. The molecule has 40 heavy (non-hydrogen) atoms. The second-order valence-electron chi connectivity index (χ2n) is 9.47. The molecule has 214 valence electrons. The number of aromatic nitrogens is 1. The lowest BCUT2D eigenvalue weighted by atomic mass is 10.1. The predicted octanol–water partition coefficient (Wildman–Crippen LogP) is 3.86. The molecule has 1 aliphatic rings. The first kappa shape index (κ1) is 30.7. The molecule has 0 saturated carbocycles. The summed E-state index contributed by atoms with van der Waals surface area (Å²) in [6.07, 6.45) is 8.18. The van der Waals surface area contributed by atoms with Gasteiger partial charge in [-0.25, -0.2) is 22.7 Å². The maximum atomic E-state index is 13.0. The molecule has 1 fully saturated rings. The number of rotatable bonds is 11. The van der Waals surface area contributed by atoms with E-state index in [4.69, 9.17) is 14.9 Å². The van der Waals surface area contributed by atoms with Gasteiger partial charge in [-0.05, 0) is 76.5 Å². The van der Waals surface area contributed by atoms with Crippen molar-refractivity contribution in [2.45, 2.75) is 43.5 Å². The highest BCUT2D eigenvalue weighted by Gasteiger charge is 2.25. The zero-order valence-corrected chi connectivity index (χ0v) is 23.2. The molecule has 1 saturated heterocycles. The minimum atomic E-state index is -3.57. The van der Waals surface area contributed by atoms with E-state index in [1.807, 2.05) is 18.2 Å². The fourth-order valence-electron chi connectivity index (χ4n) is 4.29. The minimum absolute atomic E-state index is 0.0294.